The molecule has 1 fully saturated rings. The summed E-state index contributed by atoms with van der Waals surface area (Å²) in [6, 6.07) is 0. The smallest absolute Gasteiger partial charge is 0.223 e. The number of hydrogen-bond donors (Lipinski definition) is 1. The number of nitrogens with one attached hydrogen (secondary N) is 1. The van der Waals surface area contributed by atoms with Crippen LogP contribution in [0.2, 0.25) is 0 Å². The molecule has 1 rings (SSSR count). The van der Waals surface area contributed by atoms with Gasteiger partial charge in [-0.1, -0.05) is 0 Å². The third-order valence-electron chi connectivity index (χ3n) is 1.19. The zero-order valence-electron chi connectivity index (χ0n) is 8.64. The Kier molecular flexibility index (Phi) is 1.17. The summed E-state index contributed by atoms with van der Waals surface area (Å²) in [5.74, 6) is -0.549. The van der Waals surface area contributed by atoms with Crippen LogP contribution in [0.25, 0.3) is 0 Å². The summed E-state index contributed by atoms with van der Waals surface area (Å²) >= 11 is 0. The van der Waals surface area contributed by atoms with Gasteiger partial charge >= 0.3 is 0 Å². The monoisotopic (exact) mass is 143 g/mol. The third-order valence-corrected chi connectivity index (χ3v) is 1.19. The first kappa shape index (κ1) is 5.16. The highest BCUT2D eigenvalue weighted by Gasteiger charge is 2.31. The summed E-state index contributed by atoms with van der Waals surface area (Å²) in [6.07, 6.45) is -1.01. The van der Waals surface area contributed by atoms with Crippen molar-refractivity contribution in [2.75, 3.05) is 0 Å². The second-order valence-corrected chi connectivity index (χ2v) is 3.65. The molecule has 1 saturated carbocycles. The molecule has 0 spiro atoms. The van der Waals surface area contributed by atoms with Crippen LogP contribution in [0.4, 0.5) is 0 Å². The first-order valence-electron chi connectivity index (χ1n) is 4.65. The predicted octanol–water partition coefficient (Wildman–Crippen LogP) is 1.31. The van der Waals surface area contributed by atoms with Gasteiger partial charge in [-0.3, -0.25) is 4.79 Å². The Hall–Kier alpha value is -0.530. The molecule has 0 aromatic carbocycles. The molecular formula is C8H15NO. The van der Waals surface area contributed by atoms with E-state index < -0.39 is 18.7 Å². The standard InChI is InChI=1S/C8H15NO/c1-8(2,3)9-7(10)6-4-5-6/h6H,4-5H2,1-3H3,(H,9,10)/i4D,5D. The minimum absolute atomic E-state index is 0.150. The summed E-state index contributed by atoms with van der Waals surface area (Å²) in [5.41, 5.74) is -0.251. The van der Waals surface area contributed by atoms with Gasteiger partial charge in [0.15, 0.2) is 0 Å². The van der Waals surface area contributed by atoms with Gasteiger partial charge in [0.05, 0.1) is 0 Å². The molecule has 0 radical (unpaired) electrons. The van der Waals surface area contributed by atoms with Crippen molar-refractivity contribution in [1.82, 2.24) is 5.32 Å². The topological polar surface area (TPSA) is 29.1 Å². The molecule has 1 aliphatic rings. The summed E-state index contributed by atoms with van der Waals surface area (Å²) in [4.78, 5) is 11.3. The van der Waals surface area contributed by atoms with Crippen molar-refractivity contribution in [2.45, 2.75) is 39.1 Å². The summed E-state index contributed by atoms with van der Waals surface area (Å²) in [5, 5.41) is 2.76. The van der Waals surface area contributed by atoms with Gasteiger partial charge in [-0.05, 0) is 33.6 Å². The molecule has 0 aromatic heterocycles. The van der Waals surface area contributed by atoms with E-state index in [4.69, 9.17) is 2.74 Å². The number of carbonyl (C=O) groups excluding carboxylic acids is 1. The van der Waals surface area contributed by atoms with Gasteiger partial charge in [-0.15, -0.1) is 0 Å². The molecular weight excluding hydrogens is 126 g/mol. The third kappa shape index (κ3) is 2.38. The largest absolute Gasteiger partial charge is 0.351 e. The lowest BCUT2D eigenvalue weighted by molar-refractivity contribution is -0.123. The first-order valence-corrected chi connectivity index (χ1v) is 3.49. The molecule has 2 nitrogen and oxygen atoms in total. The van der Waals surface area contributed by atoms with E-state index in [1.54, 1.807) is 0 Å². The number of rotatable bonds is 1. The number of carbonyl (C=O) groups is 1. The van der Waals surface area contributed by atoms with Gasteiger partial charge in [0.25, 0.3) is 0 Å². The number of hydrogen-bond acceptors (Lipinski definition) is 1. The van der Waals surface area contributed by atoms with Crippen molar-refractivity contribution in [1.29, 1.82) is 0 Å². The second-order valence-electron chi connectivity index (χ2n) is 3.65. The van der Waals surface area contributed by atoms with Crippen LogP contribution in [0, 0.1) is 5.92 Å². The van der Waals surface area contributed by atoms with E-state index in [0.717, 1.165) is 0 Å². The van der Waals surface area contributed by atoms with Crippen LogP contribution in [0.1, 0.15) is 36.3 Å². The van der Waals surface area contributed by atoms with Gasteiger partial charge in [0, 0.05) is 14.2 Å². The lowest BCUT2D eigenvalue weighted by Gasteiger charge is -2.20. The van der Waals surface area contributed by atoms with Crippen LogP contribution in [0.15, 0.2) is 0 Å². The number of amides is 1. The van der Waals surface area contributed by atoms with Gasteiger partial charge in [0.2, 0.25) is 5.91 Å². The lowest BCUT2D eigenvalue weighted by atomic mass is 10.1. The Morgan fingerprint density at radius 3 is 2.40 bits per heavy atom. The first-order chi connectivity index (χ1) is 5.33. The molecule has 58 valence electrons. The molecule has 1 aliphatic carbocycles. The summed E-state index contributed by atoms with van der Waals surface area (Å²) < 4.78 is 14.5. The van der Waals surface area contributed by atoms with Crippen molar-refractivity contribution >= 4 is 5.91 Å². The van der Waals surface area contributed by atoms with Crippen molar-refractivity contribution in [3.05, 3.63) is 0 Å². The summed E-state index contributed by atoms with van der Waals surface area (Å²) in [6.45, 7) is 5.68. The Bertz CT molecular complexity index is 192. The SMILES string of the molecule is [2H]C1C([2H])C1C(=O)NC(C)(C)C. The van der Waals surface area contributed by atoms with Crippen molar-refractivity contribution in [3.63, 3.8) is 0 Å². The van der Waals surface area contributed by atoms with Gasteiger partial charge in [-0.25, -0.2) is 0 Å². The average Bonchev–Trinajstić information content (AvgIpc) is 2.36. The van der Waals surface area contributed by atoms with Crippen LogP contribution in [0.5, 0.6) is 0 Å². The van der Waals surface area contributed by atoms with Crippen LogP contribution < -0.4 is 5.32 Å². The zero-order valence-corrected chi connectivity index (χ0v) is 6.64. The maximum atomic E-state index is 11.3. The Morgan fingerprint density at radius 1 is 1.60 bits per heavy atom. The Morgan fingerprint density at radius 2 is 2.10 bits per heavy atom. The lowest BCUT2D eigenvalue weighted by Crippen LogP contribution is -2.41. The highest BCUT2D eigenvalue weighted by Crippen LogP contribution is 2.29. The second kappa shape index (κ2) is 2.26. The van der Waals surface area contributed by atoms with Crippen LogP contribution in [-0.4, -0.2) is 11.4 Å². The van der Waals surface area contributed by atoms with Crippen molar-refractivity contribution < 1.29 is 7.54 Å². The van der Waals surface area contributed by atoms with E-state index in [1.165, 1.54) is 0 Å². The fourth-order valence-electron chi connectivity index (χ4n) is 0.683. The highest BCUT2D eigenvalue weighted by atomic mass is 16.2. The minimum Gasteiger partial charge on any atom is -0.351 e. The van der Waals surface area contributed by atoms with Crippen LogP contribution in [-0.2, 0) is 4.79 Å². The highest BCUT2D eigenvalue weighted by molar-refractivity contribution is 5.81. The minimum atomic E-state index is -0.507. The Balaban J connectivity index is 2.41. The molecule has 0 saturated heterocycles. The van der Waals surface area contributed by atoms with Gasteiger partial charge in [0.1, 0.15) is 0 Å². The summed E-state index contributed by atoms with van der Waals surface area (Å²) in [7, 11) is 0. The molecule has 2 unspecified atom stereocenters. The zero-order chi connectivity index (χ0) is 9.52. The molecule has 10 heavy (non-hydrogen) atoms. The molecule has 2 heteroatoms. The maximum Gasteiger partial charge on any atom is 0.223 e. The average molecular weight is 143 g/mol. The molecule has 0 aliphatic heterocycles. The molecule has 2 atom stereocenters. The van der Waals surface area contributed by atoms with Crippen molar-refractivity contribution in [3.8, 4) is 0 Å². The van der Waals surface area contributed by atoms with E-state index in [1.807, 2.05) is 20.8 Å². The molecule has 0 heterocycles. The Labute approximate surface area is 64.8 Å². The fraction of sp³-hybridized carbons (Fsp3) is 0.875. The maximum absolute atomic E-state index is 11.3. The molecule has 1 amide bonds. The van der Waals surface area contributed by atoms with Gasteiger partial charge in [-0.2, -0.15) is 0 Å². The predicted molar refractivity (Wildman–Crippen MR) is 40.6 cm³/mol. The van der Waals surface area contributed by atoms with E-state index >= 15 is 0 Å². The molecule has 1 N–H and O–H groups in total. The van der Waals surface area contributed by atoms with E-state index in [9.17, 15) is 4.79 Å². The van der Waals surface area contributed by atoms with Crippen LogP contribution >= 0.6 is 0 Å². The quantitative estimate of drug-likeness (QED) is 0.589. The molecule has 0 aromatic rings. The fourth-order valence-corrected chi connectivity index (χ4v) is 0.683. The molecule has 0 bridgehead atoms. The van der Waals surface area contributed by atoms with E-state index in [0.29, 0.717) is 0 Å². The van der Waals surface area contributed by atoms with Gasteiger partial charge < -0.3 is 5.32 Å². The van der Waals surface area contributed by atoms with E-state index in [2.05, 4.69) is 5.32 Å². The normalized spacial score (nSPS) is 41.7. The van der Waals surface area contributed by atoms with Crippen LogP contribution in [0.3, 0.4) is 0 Å². The van der Waals surface area contributed by atoms with Crippen molar-refractivity contribution in [2.24, 2.45) is 5.92 Å². The van der Waals surface area contributed by atoms with E-state index in [-0.39, 0.29) is 11.4 Å².